The molecule has 110 valence electrons. The van der Waals surface area contributed by atoms with E-state index in [4.69, 9.17) is 0 Å². The Kier molecular flexibility index (Phi) is 5.01. The van der Waals surface area contributed by atoms with E-state index in [1.807, 2.05) is 12.1 Å². The standard InChI is InChI=1S/C16H24N2O2/c1-12-6-5-7-14(13(12)2)10-17-16(20)18-9-4-3-8-15(18)11-19/h5-7,15,19H,3-4,8-11H2,1-2H3,(H,17,20). The van der Waals surface area contributed by atoms with Crippen LogP contribution in [0.2, 0.25) is 0 Å². The summed E-state index contributed by atoms with van der Waals surface area (Å²) < 4.78 is 0. The minimum atomic E-state index is -0.0651. The zero-order valence-corrected chi connectivity index (χ0v) is 12.4. The molecule has 2 rings (SSSR count). The number of carbonyl (C=O) groups excluding carboxylic acids is 1. The maximum atomic E-state index is 12.2. The van der Waals surface area contributed by atoms with Crippen molar-refractivity contribution >= 4 is 6.03 Å². The molecular formula is C16H24N2O2. The Morgan fingerprint density at radius 3 is 2.95 bits per heavy atom. The number of piperidine rings is 1. The van der Waals surface area contributed by atoms with Crippen LogP contribution in [0.3, 0.4) is 0 Å². The van der Waals surface area contributed by atoms with Gasteiger partial charge in [-0.15, -0.1) is 0 Å². The van der Waals surface area contributed by atoms with E-state index in [1.165, 1.54) is 11.1 Å². The number of hydrogen-bond donors (Lipinski definition) is 2. The van der Waals surface area contributed by atoms with Gasteiger partial charge in [0.1, 0.15) is 0 Å². The summed E-state index contributed by atoms with van der Waals surface area (Å²) in [7, 11) is 0. The average molecular weight is 276 g/mol. The molecular weight excluding hydrogens is 252 g/mol. The second-order valence-corrected chi connectivity index (χ2v) is 5.54. The average Bonchev–Trinajstić information content (AvgIpc) is 2.48. The summed E-state index contributed by atoms with van der Waals surface area (Å²) in [5.41, 5.74) is 3.61. The minimum Gasteiger partial charge on any atom is -0.394 e. The van der Waals surface area contributed by atoms with Crippen LogP contribution < -0.4 is 5.32 Å². The number of aryl methyl sites for hydroxylation is 1. The van der Waals surface area contributed by atoms with Gasteiger partial charge in [0.25, 0.3) is 0 Å². The molecule has 1 atom stereocenters. The van der Waals surface area contributed by atoms with Crippen molar-refractivity contribution in [2.45, 2.75) is 45.7 Å². The molecule has 1 saturated heterocycles. The number of aliphatic hydroxyl groups excluding tert-OH is 1. The van der Waals surface area contributed by atoms with E-state index in [9.17, 15) is 9.90 Å². The number of urea groups is 1. The second kappa shape index (κ2) is 6.75. The molecule has 1 heterocycles. The van der Waals surface area contributed by atoms with E-state index in [0.29, 0.717) is 6.54 Å². The SMILES string of the molecule is Cc1cccc(CNC(=O)N2CCCCC2CO)c1C. The molecule has 1 fully saturated rings. The van der Waals surface area contributed by atoms with Gasteiger partial charge in [0, 0.05) is 13.1 Å². The van der Waals surface area contributed by atoms with Gasteiger partial charge in [-0.05, 0) is 49.8 Å². The van der Waals surface area contributed by atoms with Crippen LogP contribution in [-0.2, 0) is 6.54 Å². The smallest absolute Gasteiger partial charge is 0.317 e. The van der Waals surface area contributed by atoms with Crippen molar-refractivity contribution in [2.24, 2.45) is 0 Å². The molecule has 0 aromatic heterocycles. The third-order valence-corrected chi connectivity index (χ3v) is 4.25. The van der Waals surface area contributed by atoms with Crippen molar-refractivity contribution in [3.63, 3.8) is 0 Å². The van der Waals surface area contributed by atoms with Gasteiger partial charge in [-0.1, -0.05) is 18.2 Å². The van der Waals surface area contributed by atoms with E-state index in [2.05, 4.69) is 25.2 Å². The molecule has 1 aromatic carbocycles. The van der Waals surface area contributed by atoms with Gasteiger partial charge in [0.2, 0.25) is 0 Å². The Morgan fingerprint density at radius 2 is 2.20 bits per heavy atom. The molecule has 0 aliphatic carbocycles. The minimum absolute atomic E-state index is 0.0256. The normalized spacial score (nSPS) is 18.9. The fraction of sp³-hybridized carbons (Fsp3) is 0.562. The summed E-state index contributed by atoms with van der Waals surface area (Å²) in [4.78, 5) is 14.0. The lowest BCUT2D eigenvalue weighted by atomic mass is 10.0. The Balaban J connectivity index is 1.96. The van der Waals surface area contributed by atoms with E-state index >= 15 is 0 Å². The number of benzene rings is 1. The molecule has 1 aromatic rings. The van der Waals surface area contributed by atoms with Crippen molar-refractivity contribution in [1.29, 1.82) is 0 Å². The van der Waals surface area contributed by atoms with E-state index in [1.54, 1.807) is 4.90 Å². The van der Waals surface area contributed by atoms with Gasteiger partial charge in [-0.25, -0.2) is 4.79 Å². The highest BCUT2D eigenvalue weighted by atomic mass is 16.3. The number of rotatable bonds is 3. The van der Waals surface area contributed by atoms with Crippen LogP contribution in [-0.4, -0.2) is 35.2 Å². The Morgan fingerprint density at radius 1 is 1.40 bits per heavy atom. The third kappa shape index (κ3) is 3.31. The monoisotopic (exact) mass is 276 g/mol. The number of nitrogens with zero attached hydrogens (tertiary/aromatic N) is 1. The van der Waals surface area contributed by atoms with Crippen LogP contribution in [0.15, 0.2) is 18.2 Å². The molecule has 4 nitrogen and oxygen atoms in total. The molecule has 4 heteroatoms. The topological polar surface area (TPSA) is 52.6 Å². The lowest BCUT2D eigenvalue weighted by Gasteiger charge is -2.34. The fourth-order valence-corrected chi connectivity index (χ4v) is 2.73. The van der Waals surface area contributed by atoms with Gasteiger partial charge in [-0.3, -0.25) is 0 Å². The third-order valence-electron chi connectivity index (χ3n) is 4.25. The second-order valence-electron chi connectivity index (χ2n) is 5.54. The maximum absolute atomic E-state index is 12.2. The van der Waals surface area contributed by atoms with Crippen molar-refractivity contribution in [2.75, 3.05) is 13.2 Å². The summed E-state index contributed by atoms with van der Waals surface area (Å²) in [6, 6.07) is 6.04. The van der Waals surface area contributed by atoms with Crippen LogP contribution in [0.5, 0.6) is 0 Å². The highest BCUT2D eigenvalue weighted by molar-refractivity contribution is 5.74. The zero-order chi connectivity index (χ0) is 14.5. The van der Waals surface area contributed by atoms with Crippen molar-refractivity contribution in [3.05, 3.63) is 34.9 Å². The molecule has 2 N–H and O–H groups in total. The van der Waals surface area contributed by atoms with E-state index in [-0.39, 0.29) is 18.7 Å². The number of hydrogen-bond acceptors (Lipinski definition) is 2. The molecule has 20 heavy (non-hydrogen) atoms. The van der Waals surface area contributed by atoms with E-state index < -0.39 is 0 Å². The van der Waals surface area contributed by atoms with Crippen molar-refractivity contribution in [3.8, 4) is 0 Å². The molecule has 1 aliphatic rings. The fourth-order valence-electron chi connectivity index (χ4n) is 2.73. The first-order valence-electron chi connectivity index (χ1n) is 7.34. The number of amides is 2. The van der Waals surface area contributed by atoms with Gasteiger partial charge in [0.05, 0.1) is 12.6 Å². The summed E-state index contributed by atoms with van der Waals surface area (Å²) in [6.07, 6.45) is 3.01. The molecule has 0 saturated carbocycles. The first-order chi connectivity index (χ1) is 9.63. The quantitative estimate of drug-likeness (QED) is 0.890. The van der Waals surface area contributed by atoms with Gasteiger partial charge >= 0.3 is 6.03 Å². The summed E-state index contributed by atoms with van der Waals surface area (Å²) in [5, 5.41) is 12.3. The van der Waals surface area contributed by atoms with Crippen LogP contribution in [0.4, 0.5) is 4.79 Å². The molecule has 1 aliphatic heterocycles. The van der Waals surface area contributed by atoms with Crippen molar-refractivity contribution < 1.29 is 9.90 Å². The van der Waals surface area contributed by atoms with Crippen molar-refractivity contribution in [1.82, 2.24) is 10.2 Å². The van der Waals surface area contributed by atoms with Crippen LogP contribution in [0.1, 0.15) is 36.0 Å². The first kappa shape index (κ1) is 14.9. The van der Waals surface area contributed by atoms with E-state index in [0.717, 1.165) is 31.4 Å². The molecule has 0 radical (unpaired) electrons. The maximum Gasteiger partial charge on any atom is 0.317 e. The Labute approximate surface area is 120 Å². The van der Waals surface area contributed by atoms with Gasteiger partial charge in [0.15, 0.2) is 0 Å². The Bertz CT molecular complexity index is 474. The van der Waals surface area contributed by atoms with Crippen LogP contribution in [0, 0.1) is 13.8 Å². The lowest BCUT2D eigenvalue weighted by Crippen LogP contribution is -2.49. The highest BCUT2D eigenvalue weighted by Gasteiger charge is 2.25. The largest absolute Gasteiger partial charge is 0.394 e. The zero-order valence-electron chi connectivity index (χ0n) is 12.4. The molecule has 1 unspecified atom stereocenters. The van der Waals surface area contributed by atoms with Crippen LogP contribution in [0.25, 0.3) is 0 Å². The molecule has 2 amide bonds. The van der Waals surface area contributed by atoms with Gasteiger partial charge < -0.3 is 15.3 Å². The molecule has 0 spiro atoms. The van der Waals surface area contributed by atoms with Gasteiger partial charge in [-0.2, -0.15) is 0 Å². The highest BCUT2D eigenvalue weighted by Crippen LogP contribution is 2.17. The summed E-state index contributed by atoms with van der Waals surface area (Å²) in [6.45, 7) is 5.49. The number of aliphatic hydroxyl groups is 1. The lowest BCUT2D eigenvalue weighted by molar-refractivity contribution is 0.108. The number of carbonyl (C=O) groups is 1. The predicted molar refractivity (Wildman–Crippen MR) is 79.6 cm³/mol. The molecule has 0 bridgehead atoms. The first-order valence-corrected chi connectivity index (χ1v) is 7.34. The Hall–Kier alpha value is -1.55. The summed E-state index contributed by atoms with van der Waals surface area (Å²) in [5.74, 6) is 0. The van der Waals surface area contributed by atoms with Crippen LogP contribution >= 0.6 is 0 Å². The number of likely N-dealkylation sites (tertiary alicyclic amines) is 1. The predicted octanol–water partition coefficient (Wildman–Crippen LogP) is 2.36. The number of nitrogens with one attached hydrogen (secondary N) is 1. The summed E-state index contributed by atoms with van der Waals surface area (Å²) >= 11 is 0.